The molecule has 126 valence electrons. The smallest absolute Gasteiger partial charge is 0.269 e. The Kier molecular flexibility index (Phi) is 6.66. The lowest BCUT2D eigenvalue weighted by Crippen LogP contribution is -2.46. The van der Waals surface area contributed by atoms with Crippen LogP contribution < -0.4 is 20.9 Å². The molecule has 0 aromatic heterocycles. The largest absolute Gasteiger partial charge is 0.497 e. The molecule has 0 spiro atoms. The Morgan fingerprint density at radius 1 is 1.08 bits per heavy atom. The molecule has 0 aliphatic heterocycles. The third kappa shape index (κ3) is 5.26. The van der Waals surface area contributed by atoms with Crippen LogP contribution in [0.4, 0.5) is 0 Å². The molecule has 8 heteroatoms. The van der Waals surface area contributed by atoms with E-state index >= 15 is 0 Å². The highest BCUT2D eigenvalue weighted by Crippen LogP contribution is 2.22. The van der Waals surface area contributed by atoms with Crippen LogP contribution in [0.5, 0.6) is 5.75 Å². The third-order valence-corrected chi connectivity index (χ3v) is 4.07. The van der Waals surface area contributed by atoms with Gasteiger partial charge in [-0.15, -0.1) is 0 Å². The van der Waals surface area contributed by atoms with Crippen molar-refractivity contribution in [2.24, 2.45) is 0 Å². The molecule has 0 heterocycles. The molecule has 0 saturated heterocycles. The van der Waals surface area contributed by atoms with Gasteiger partial charge in [-0.25, -0.2) is 0 Å². The van der Waals surface area contributed by atoms with Crippen molar-refractivity contribution in [3.63, 3.8) is 0 Å². The fourth-order valence-corrected chi connectivity index (χ4v) is 2.21. The SMILES string of the molecule is COc1ccc(CNC(=S)NNC(=O)c2ccc(Cl)c(Cl)c2)cc1. The lowest BCUT2D eigenvalue weighted by atomic mass is 10.2. The van der Waals surface area contributed by atoms with Gasteiger partial charge >= 0.3 is 0 Å². The van der Waals surface area contributed by atoms with Crippen LogP contribution in [0.25, 0.3) is 0 Å². The van der Waals surface area contributed by atoms with Gasteiger partial charge in [0, 0.05) is 12.1 Å². The van der Waals surface area contributed by atoms with Crippen LogP contribution in [-0.2, 0) is 6.54 Å². The number of hydrazine groups is 1. The molecule has 24 heavy (non-hydrogen) atoms. The maximum Gasteiger partial charge on any atom is 0.269 e. The first kappa shape index (κ1) is 18.3. The average molecular weight is 384 g/mol. The van der Waals surface area contributed by atoms with E-state index in [9.17, 15) is 4.79 Å². The number of nitrogens with one attached hydrogen (secondary N) is 3. The van der Waals surface area contributed by atoms with Crippen molar-refractivity contribution < 1.29 is 9.53 Å². The summed E-state index contributed by atoms with van der Waals surface area (Å²) in [4.78, 5) is 12.0. The van der Waals surface area contributed by atoms with Gasteiger partial charge in [0.05, 0.1) is 17.2 Å². The minimum absolute atomic E-state index is 0.291. The molecule has 0 aliphatic carbocycles. The summed E-state index contributed by atoms with van der Waals surface area (Å²) in [5.74, 6) is 0.413. The van der Waals surface area contributed by atoms with E-state index in [1.165, 1.54) is 6.07 Å². The van der Waals surface area contributed by atoms with Crippen molar-refractivity contribution in [3.8, 4) is 5.75 Å². The van der Waals surface area contributed by atoms with Crippen molar-refractivity contribution in [1.29, 1.82) is 0 Å². The summed E-state index contributed by atoms with van der Waals surface area (Å²) >= 11 is 16.8. The van der Waals surface area contributed by atoms with Crippen LogP contribution in [0, 0.1) is 0 Å². The van der Waals surface area contributed by atoms with Crippen molar-refractivity contribution in [1.82, 2.24) is 16.2 Å². The zero-order valence-electron chi connectivity index (χ0n) is 12.7. The number of benzene rings is 2. The van der Waals surface area contributed by atoms with Gasteiger partial charge in [0.25, 0.3) is 5.91 Å². The van der Waals surface area contributed by atoms with E-state index in [2.05, 4.69) is 16.2 Å². The molecule has 0 atom stereocenters. The van der Waals surface area contributed by atoms with Gasteiger partial charge < -0.3 is 10.1 Å². The van der Waals surface area contributed by atoms with Crippen molar-refractivity contribution in [2.45, 2.75) is 6.54 Å². The average Bonchev–Trinajstić information content (AvgIpc) is 2.60. The standard InChI is InChI=1S/C16H15Cl2N3O2S/c1-23-12-5-2-10(3-6-12)9-19-16(24)21-20-15(22)11-4-7-13(17)14(18)8-11/h2-8H,9H2,1H3,(H,20,22)(H2,19,21,24). The van der Waals surface area contributed by atoms with E-state index in [0.29, 0.717) is 27.3 Å². The molecular formula is C16H15Cl2N3O2S. The number of rotatable bonds is 4. The molecule has 0 bridgehead atoms. The van der Waals surface area contributed by atoms with Crippen molar-refractivity contribution in [2.75, 3.05) is 7.11 Å². The van der Waals surface area contributed by atoms with Gasteiger partial charge in [-0.3, -0.25) is 15.6 Å². The first-order valence-corrected chi connectivity index (χ1v) is 8.08. The molecule has 2 aromatic carbocycles. The fourth-order valence-electron chi connectivity index (χ4n) is 1.79. The Morgan fingerprint density at radius 2 is 1.79 bits per heavy atom. The summed E-state index contributed by atoms with van der Waals surface area (Å²) in [5, 5.41) is 3.97. The number of amides is 1. The zero-order chi connectivity index (χ0) is 17.5. The first-order chi connectivity index (χ1) is 11.5. The topological polar surface area (TPSA) is 62.4 Å². The fraction of sp³-hybridized carbons (Fsp3) is 0.125. The number of carbonyl (C=O) groups excluding carboxylic acids is 1. The normalized spacial score (nSPS) is 9.96. The lowest BCUT2D eigenvalue weighted by Gasteiger charge is -2.12. The van der Waals surface area contributed by atoms with Gasteiger partial charge in [0.2, 0.25) is 0 Å². The number of methoxy groups -OCH3 is 1. The maximum atomic E-state index is 12.0. The molecule has 0 aliphatic rings. The summed E-state index contributed by atoms with van der Waals surface area (Å²) in [6, 6.07) is 12.2. The number of hydrogen-bond donors (Lipinski definition) is 3. The molecule has 0 saturated carbocycles. The maximum absolute atomic E-state index is 12.0. The zero-order valence-corrected chi connectivity index (χ0v) is 15.1. The van der Waals surface area contributed by atoms with E-state index in [0.717, 1.165) is 11.3 Å². The summed E-state index contributed by atoms with van der Waals surface area (Å²) in [5.41, 5.74) is 6.51. The monoisotopic (exact) mass is 383 g/mol. The van der Waals surface area contributed by atoms with E-state index in [1.807, 2.05) is 24.3 Å². The lowest BCUT2D eigenvalue weighted by molar-refractivity contribution is 0.0943. The second kappa shape index (κ2) is 8.73. The van der Waals surface area contributed by atoms with Gasteiger partial charge in [0.1, 0.15) is 5.75 Å². The van der Waals surface area contributed by atoms with Crippen LogP contribution in [0.15, 0.2) is 42.5 Å². The van der Waals surface area contributed by atoms with Crippen LogP contribution in [0.3, 0.4) is 0 Å². The Bertz CT molecular complexity index is 739. The predicted octanol–water partition coefficient (Wildman–Crippen LogP) is 3.31. The predicted molar refractivity (Wildman–Crippen MR) is 99.5 cm³/mol. The molecule has 1 amide bonds. The van der Waals surface area contributed by atoms with Gasteiger partial charge in [0.15, 0.2) is 5.11 Å². The molecule has 5 nitrogen and oxygen atoms in total. The van der Waals surface area contributed by atoms with Crippen molar-refractivity contribution in [3.05, 3.63) is 63.6 Å². The highest BCUT2D eigenvalue weighted by Gasteiger charge is 2.08. The Morgan fingerprint density at radius 3 is 2.42 bits per heavy atom. The summed E-state index contributed by atoms with van der Waals surface area (Å²) in [7, 11) is 1.61. The van der Waals surface area contributed by atoms with Crippen LogP contribution in [-0.4, -0.2) is 18.1 Å². The Hall–Kier alpha value is -2.02. The molecule has 0 radical (unpaired) electrons. The Labute approximate surface area is 155 Å². The van der Waals surface area contributed by atoms with E-state index in [1.54, 1.807) is 19.2 Å². The molecule has 0 unspecified atom stereocenters. The van der Waals surface area contributed by atoms with Gasteiger partial charge in [-0.1, -0.05) is 35.3 Å². The Balaban J connectivity index is 1.79. The second-order valence-electron chi connectivity index (χ2n) is 4.74. The second-order valence-corrected chi connectivity index (χ2v) is 5.96. The molecule has 2 aromatic rings. The van der Waals surface area contributed by atoms with Crippen LogP contribution in [0.1, 0.15) is 15.9 Å². The van der Waals surface area contributed by atoms with E-state index in [4.69, 9.17) is 40.2 Å². The highest BCUT2D eigenvalue weighted by molar-refractivity contribution is 7.80. The van der Waals surface area contributed by atoms with E-state index in [-0.39, 0.29) is 5.91 Å². The third-order valence-electron chi connectivity index (χ3n) is 3.08. The van der Waals surface area contributed by atoms with Crippen molar-refractivity contribution >= 4 is 46.4 Å². The van der Waals surface area contributed by atoms with E-state index < -0.39 is 0 Å². The molecule has 0 fully saturated rings. The van der Waals surface area contributed by atoms with Crippen LogP contribution >= 0.6 is 35.4 Å². The first-order valence-electron chi connectivity index (χ1n) is 6.92. The molecule has 3 N–H and O–H groups in total. The number of thiocarbonyl (C=S) groups is 1. The van der Waals surface area contributed by atoms with Crippen LogP contribution in [0.2, 0.25) is 10.0 Å². The quantitative estimate of drug-likeness (QED) is 0.558. The minimum Gasteiger partial charge on any atom is -0.497 e. The summed E-state index contributed by atoms with van der Waals surface area (Å²) in [6.45, 7) is 0.512. The summed E-state index contributed by atoms with van der Waals surface area (Å²) < 4.78 is 5.09. The summed E-state index contributed by atoms with van der Waals surface area (Å²) in [6.07, 6.45) is 0. The highest BCUT2D eigenvalue weighted by atomic mass is 35.5. The number of ether oxygens (including phenoxy) is 1. The molecule has 2 rings (SSSR count). The molecular weight excluding hydrogens is 369 g/mol. The number of hydrogen-bond acceptors (Lipinski definition) is 3. The van der Waals surface area contributed by atoms with Gasteiger partial charge in [-0.05, 0) is 48.1 Å². The number of halogens is 2. The van der Waals surface area contributed by atoms with Gasteiger partial charge in [-0.2, -0.15) is 0 Å². The number of carbonyl (C=O) groups is 1. The minimum atomic E-state index is -0.373.